The fraction of sp³-hybridized carbons (Fsp3) is 0.429. The first-order chi connectivity index (χ1) is 9.15. The highest BCUT2D eigenvalue weighted by Gasteiger charge is 2.28. The summed E-state index contributed by atoms with van der Waals surface area (Å²) in [6.07, 6.45) is 5.36. The smallest absolute Gasteiger partial charge is 0.331 e. The number of nitrogens with one attached hydrogen (secondary N) is 1. The van der Waals surface area contributed by atoms with E-state index in [4.69, 9.17) is 4.74 Å². The molecule has 1 aromatic heterocycles. The van der Waals surface area contributed by atoms with E-state index in [1.807, 2.05) is 24.4 Å². The van der Waals surface area contributed by atoms with Crippen LogP contribution in [0.3, 0.4) is 0 Å². The van der Waals surface area contributed by atoms with Crippen molar-refractivity contribution >= 4 is 29.3 Å². The summed E-state index contributed by atoms with van der Waals surface area (Å²) in [7, 11) is 0. The van der Waals surface area contributed by atoms with E-state index in [9.17, 15) is 9.59 Å². The van der Waals surface area contributed by atoms with Crippen molar-refractivity contribution in [3.8, 4) is 0 Å². The zero-order valence-electron chi connectivity index (χ0n) is 10.8. The third-order valence-corrected chi connectivity index (χ3v) is 3.83. The number of hydrogen-bond acceptors (Lipinski definition) is 4. The number of thiophene rings is 1. The molecule has 4 nitrogen and oxygen atoms in total. The molecule has 1 aliphatic rings. The van der Waals surface area contributed by atoms with Gasteiger partial charge in [-0.25, -0.2) is 4.79 Å². The fourth-order valence-corrected chi connectivity index (χ4v) is 2.35. The standard InChI is InChI=1S/C14H17NO3S/c1-10(11-4-5-11)15-13(16)9-18-14(17)7-6-12-3-2-8-19-12/h2-3,6-8,10-11H,4-5,9H2,1H3,(H,15,16)/b7-6+/t10-/m0/s1. The van der Waals surface area contributed by atoms with Gasteiger partial charge in [-0.2, -0.15) is 0 Å². The van der Waals surface area contributed by atoms with Crippen molar-refractivity contribution in [1.82, 2.24) is 5.32 Å². The zero-order valence-corrected chi connectivity index (χ0v) is 11.6. The molecule has 1 N–H and O–H groups in total. The van der Waals surface area contributed by atoms with Crippen molar-refractivity contribution in [2.75, 3.05) is 6.61 Å². The fourth-order valence-electron chi connectivity index (χ4n) is 1.73. The average molecular weight is 279 g/mol. The molecule has 1 heterocycles. The molecular weight excluding hydrogens is 262 g/mol. The van der Waals surface area contributed by atoms with Crippen LogP contribution in [0.1, 0.15) is 24.6 Å². The molecule has 1 aromatic rings. The van der Waals surface area contributed by atoms with Gasteiger partial charge in [0.05, 0.1) is 0 Å². The van der Waals surface area contributed by atoms with Crippen LogP contribution in [0, 0.1) is 5.92 Å². The molecule has 1 saturated carbocycles. The van der Waals surface area contributed by atoms with E-state index in [-0.39, 0.29) is 18.6 Å². The summed E-state index contributed by atoms with van der Waals surface area (Å²) in [4.78, 5) is 23.9. The predicted octanol–water partition coefficient (Wildman–Crippen LogP) is 2.22. The van der Waals surface area contributed by atoms with Gasteiger partial charge in [0.25, 0.3) is 5.91 Å². The van der Waals surface area contributed by atoms with E-state index in [1.165, 1.54) is 30.3 Å². The molecular formula is C14H17NO3S. The van der Waals surface area contributed by atoms with E-state index in [0.29, 0.717) is 5.92 Å². The number of esters is 1. The van der Waals surface area contributed by atoms with Crippen molar-refractivity contribution < 1.29 is 14.3 Å². The molecule has 0 bridgehead atoms. The summed E-state index contributed by atoms with van der Waals surface area (Å²) in [5, 5.41) is 4.76. The molecule has 0 aromatic carbocycles. The molecule has 0 saturated heterocycles. The third kappa shape index (κ3) is 4.87. The summed E-state index contributed by atoms with van der Waals surface area (Å²) in [5.41, 5.74) is 0. The van der Waals surface area contributed by atoms with Crippen molar-refractivity contribution in [3.05, 3.63) is 28.5 Å². The molecule has 2 rings (SSSR count). The Morgan fingerprint density at radius 2 is 2.37 bits per heavy atom. The van der Waals surface area contributed by atoms with E-state index in [2.05, 4.69) is 5.32 Å². The highest BCUT2D eigenvalue weighted by atomic mass is 32.1. The first kappa shape index (κ1) is 13.8. The average Bonchev–Trinajstić information content (AvgIpc) is 3.11. The van der Waals surface area contributed by atoms with Gasteiger partial charge < -0.3 is 10.1 Å². The van der Waals surface area contributed by atoms with Gasteiger partial charge in [-0.05, 0) is 43.2 Å². The Morgan fingerprint density at radius 3 is 3.00 bits per heavy atom. The summed E-state index contributed by atoms with van der Waals surface area (Å²) in [6, 6.07) is 3.98. The van der Waals surface area contributed by atoms with Gasteiger partial charge in [0.1, 0.15) is 0 Å². The van der Waals surface area contributed by atoms with E-state index in [1.54, 1.807) is 6.08 Å². The molecule has 0 aliphatic heterocycles. The lowest BCUT2D eigenvalue weighted by Crippen LogP contribution is -2.36. The lowest BCUT2D eigenvalue weighted by atomic mass is 10.2. The Kier molecular flexibility index (Phi) is 4.74. The molecule has 0 radical (unpaired) electrons. The van der Waals surface area contributed by atoms with Crippen LogP contribution in [-0.2, 0) is 14.3 Å². The Balaban J connectivity index is 1.66. The maximum atomic E-state index is 11.5. The molecule has 1 atom stereocenters. The normalized spacial score (nSPS) is 16.3. The summed E-state index contributed by atoms with van der Waals surface area (Å²) >= 11 is 1.53. The van der Waals surface area contributed by atoms with Crippen LogP contribution in [0.4, 0.5) is 0 Å². The van der Waals surface area contributed by atoms with Gasteiger partial charge in [0.2, 0.25) is 0 Å². The largest absolute Gasteiger partial charge is 0.452 e. The third-order valence-electron chi connectivity index (χ3n) is 2.99. The van der Waals surface area contributed by atoms with Crippen LogP contribution >= 0.6 is 11.3 Å². The first-order valence-electron chi connectivity index (χ1n) is 6.33. The van der Waals surface area contributed by atoms with Crippen molar-refractivity contribution in [1.29, 1.82) is 0 Å². The number of rotatable bonds is 6. The second-order valence-corrected chi connectivity index (χ2v) is 5.63. The second-order valence-electron chi connectivity index (χ2n) is 4.65. The van der Waals surface area contributed by atoms with Gasteiger partial charge >= 0.3 is 5.97 Å². The number of ether oxygens (including phenoxy) is 1. The molecule has 0 spiro atoms. The minimum Gasteiger partial charge on any atom is -0.452 e. The van der Waals surface area contributed by atoms with Gasteiger partial charge in [-0.3, -0.25) is 4.79 Å². The number of hydrogen-bond donors (Lipinski definition) is 1. The second kappa shape index (κ2) is 6.52. The summed E-state index contributed by atoms with van der Waals surface area (Å²) < 4.78 is 4.87. The van der Waals surface area contributed by atoms with Crippen LogP contribution in [0.25, 0.3) is 6.08 Å². The molecule has 19 heavy (non-hydrogen) atoms. The van der Waals surface area contributed by atoms with Crippen molar-refractivity contribution in [3.63, 3.8) is 0 Å². The molecule has 1 amide bonds. The van der Waals surface area contributed by atoms with Crippen LogP contribution in [0.15, 0.2) is 23.6 Å². The van der Waals surface area contributed by atoms with E-state index >= 15 is 0 Å². The van der Waals surface area contributed by atoms with Crippen LogP contribution in [0.2, 0.25) is 0 Å². The molecule has 102 valence electrons. The lowest BCUT2D eigenvalue weighted by Gasteiger charge is -2.12. The van der Waals surface area contributed by atoms with Crippen LogP contribution in [0.5, 0.6) is 0 Å². The van der Waals surface area contributed by atoms with Crippen molar-refractivity contribution in [2.45, 2.75) is 25.8 Å². The van der Waals surface area contributed by atoms with Crippen molar-refractivity contribution in [2.24, 2.45) is 5.92 Å². The zero-order chi connectivity index (χ0) is 13.7. The molecule has 1 aliphatic carbocycles. The van der Waals surface area contributed by atoms with Gasteiger partial charge in [0, 0.05) is 17.0 Å². The van der Waals surface area contributed by atoms with Gasteiger partial charge in [-0.15, -0.1) is 11.3 Å². The van der Waals surface area contributed by atoms with Crippen LogP contribution in [-0.4, -0.2) is 24.5 Å². The topological polar surface area (TPSA) is 55.4 Å². The first-order valence-corrected chi connectivity index (χ1v) is 7.21. The molecule has 5 heteroatoms. The van der Waals surface area contributed by atoms with Gasteiger partial charge in [-0.1, -0.05) is 6.07 Å². The Morgan fingerprint density at radius 1 is 1.58 bits per heavy atom. The van der Waals surface area contributed by atoms with E-state index < -0.39 is 5.97 Å². The molecule has 0 unspecified atom stereocenters. The summed E-state index contributed by atoms with van der Waals surface area (Å²) in [6.45, 7) is 1.76. The summed E-state index contributed by atoms with van der Waals surface area (Å²) in [5.74, 6) is -0.140. The van der Waals surface area contributed by atoms with Gasteiger partial charge in [0.15, 0.2) is 6.61 Å². The SMILES string of the molecule is C[C@H](NC(=O)COC(=O)/C=C/c1cccs1)C1CC1. The highest BCUT2D eigenvalue weighted by molar-refractivity contribution is 7.10. The Labute approximate surface area is 116 Å². The minimum atomic E-state index is -0.498. The minimum absolute atomic E-state index is 0.174. The Hall–Kier alpha value is -1.62. The maximum Gasteiger partial charge on any atom is 0.331 e. The maximum absolute atomic E-state index is 11.5. The highest BCUT2D eigenvalue weighted by Crippen LogP contribution is 2.32. The number of carbonyl (C=O) groups excluding carboxylic acids is 2. The molecule has 1 fully saturated rings. The van der Waals surface area contributed by atoms with Crippen LogP contribution < -0.4 is 5.32 Å². The monoisotopic (exact) mass is 279 g/mol. The number of carbonyl (C=O) groups is 2. The number of amides is 1. The quantitative estimate of drug-likeness (QED) is 0.641. The predicted molar refractivity (Wildman–Crippen MR) is 74.6 cm³/mol. The van der Waals surface area contributed by atoms with E-state index in [0.717, 1.165) is 4.88 Å². The lowest BCUT2D eigenvalue weighted by molar-refractivity contribution is -0.144. The Bertz CT molecular complexity index is 463.